The van der Waals surface area contributed by atoms with Crippen LogP contribution >= 0.6 is 0 Å². The minimum atomic E-state index is -0.218. The lowest BCUT2D eigenvalue weighted by atomic mass is 10.1. The van der Waals surface area contributed by atoms with Gasteiger partial charge < -0.3 is 4.74 Å². The van der Waals surface area contributed by atoms with Gasteiger partial charge in [0, 0.05) is 11.1 Å². The first kappa shape index (κ1) is 14.6. The first-order chi connectivity index (χ1) is 11.3. The van der Waals surface area contributed by atoms with Crippen molar-refractivity contribution in [2.24, 2.45) is 5.10 Å². The summed E-state index contributed by atoms with van der Waals surface area (Å²) in [5.74, 6) is 0.478. The molecule has 1 heterocycles. The molecule has 0 saturated heterocycles. The van der Waals surface area contributed by atoms with E-state index in [-0.39, 0.29) is 5.78 Å². The Morgan fingerprint density at radius 2 is 1.87 bits per heavy atom. The van der Waals surface area contributed by atoms with Crippen LogP contribution in [0.5, 0.6) is 5.75 Å². The number of Topliss-reactive ketones (excluding diaryl/α,β-unsaturated/α-hetero) is 1. The molecule has 3 aromatic rings. The summed E-state index contributed by atoms with van der Waals surface area (Å²) in [6.45, 7) is 0. The van der Waals surface area contributed by atoms with Gasteiger partial charge >= 0.3 is 0 Å². The summed E-state index contributed by atoms with van der Waals surface area (Å²) >= 11 is 0. The Hall–Kier alpha value is -3.28. The molecule has 0 spiro atoms. The van der Waals surface area contributed by atoms with Gasteiger partial charge in [-0.3, -0.25) is 4.79 Å². The summed E-state index contributed by atoms with van der Waals surface area (Å²) < 4.78 is 5.06. The first-order valence-electron chi connectivity index (χ1n) is 6.97. The summed E-state index contributed by atoms with van der Waals surface area (Å²) in [4.78, 5) is 13.3. The van der Waals surface area contributed by atoms with Gasteiger partial charge in [-0.1, -0.05) is 30.3 Å². The number of ketones is 1. The van der Waals surface area contributed by atoms with Gasteiger partial charge in [0.05, 0.1) is 19.5 Å². The van der Waals surface area contributed by atoms with E-state index in [4.69, 9.17) is 4.74 Å². The Morgan fingerprint density at radius 3 is 2.57 bits per heavy atom. The maximum atomic E-state index is 12.0. The average molecular weight is 306 g/mol. The fourth-order valence-corrected chi connectivity index (χ4v) is 1.99. The Morgan fingerprint density at radius 1 is 1.13 bits per heavy atom. The van der Waals surface area contributed by atoms with Crippen LogP contribution < -0.4 is 4.74 Å². The molecule has 0 amide bonds. The van der Waals surface area contributed by atoms with Gasteiger partial charge in [-0.15, -0.1) is 9.89 Å². The van der Waals surface area contributed by atoms with Crippen molar-refractivity contribution < 1.29 is 9.53 Å². The summed E-state index contributed by atoms with van der Waals surface area (Å²) in [5, 5.41) is 11.9. The SMILES string of the molecule is COc1ccc(C(=O)/C=N/n2cc(-c3ccccc3)nn2)cc1. The van der Waals surface area contributed by atoms with E-state index in [1.807, 2.05) is 30.3 Å². The second-order valence-electron chi connectivity index (χ2n) is 4.73. The summed E-state index contributed by atoms with van der Waals surface area (Å²) in [5.41, 5.74) is 2.16. The van der Waals surface area contributed by atoms with E-state index in [2.05, 4.69) is 15.4 Å². The Bertz CT molecular complexity index is 823. The topological polar surface area (TPSA) is 69.4 Å². The highest BCUT2D eigenvalue weighted by Gasteiger charge is 2.05. The molecule has 0 N–H and O–H groups in total. The molecular weight excluding hydrogens is 292 g/mol. The van der Waals surface area contributed by atoms with Gasteiger partial charge in [0.15, 0.2) is 0 Å². The molecule has 0 fully saturated rings. The molecular formula is C17H14N4O2. The molecule has 114 valence electrons. The number of benzene rings is 2. The normalized spacial score (nSPS) is 10.8. The number of carbonyl (C=O) groups excluding carboxylic acids is 1. The minimum Gasteiger partial charge on any atom is -0.497 e. The monoisotopic (exact) mass is 306 g/mol. The Kier molecular flexibility index (Phi) is 4.24. The third kappa shape index (κ3) is 3.49. The highest BCUT2D eigenvalue weighted by atomic mass is 16.5. The van der Waals surface area contributed by atoms with Crippen LogP contribution in [0.25, 0.3) is 11.3 Å². The van der Waals surface area contributed by atoms with Crippen LogP contribution in [-0.2, 0) is 0 Å². The van der Waals surface area contributed by atoms with Gasteiger partial charge in [0.2, 0.25) is 5.78 Å². The Labute approximate surface area is 133 Å². The second-order valence-corrected chi connectivity index (χ2v) is 4.73. The molecule has 23 heavy (non-hydrogen) atoms. The van der Waals surface area contributed by atoms with Crippen LogP contribution in [0.2, 0.25) is 0 Å². The molecule has 6 nitrogen and oxygen atoms in total. The number of carbonyl (C=O) groups is 1. The number of aromatic nitrogens is 3. The number of methoxy groups -OCH3 is 1. The molecule has 0 atom stereocenters. The number of hydrogen-bond donors (Lipinski definition) is 0. The van der Waals surface area contributed by atoms with Crippen molar-refractivity contribution in [1.29, 1.82) is 0 Å². The molecule has 0 aliphatic heterocycles. The Balaban J connectivity index is 1.72. The van der Waals surface area contributed by atoms with Gasteiger partial charge in [0.1, 0.15) is 11.4 Å². The van der Waals surface area contributed by atoms with Crippen molar-refractivity contribution >= 4 is 12.0 Å². The zero-order chi connectivity index (χ0) is 16.1. The van der Waals surface area contributed by atoms with E-state index in [0.29, 0.717) is 17.0 Å². The van der Waals surface area contributed by atoms with E-state index in [1.165, 1.54) is 11.0 Å². The fourth-order valence-electron chi connectivity index (χ4n) is 1.99. The van der Waals surface area contributed by atoms with E-state index < -0.39 is 0 Å². The van der Waals surface area contributed by atoms with Crippen LogP contribution in [0.1, 0.15) is 10.4 Å². The largest absolute Gasteiger partial charge is 0.497 e. The predicted molar refractivity (Wildman–Crippen MR) is 86.7 cm³/mol. The molecule has 6 heteroatoms. The smallest absolute Gasteiger partial charge is 0.205 e. The average Bonchev–Trinajstić information content (AvgIpc) is 3.09. The second kappa shape index (κ2) is 6.65. The van der Waals surface area contributed by atoms with Crippen molar-refractivity contribution in [2.45, 2.75) is 0 Å². The highest BCUT2D eigenvalue weighted by Crippen LogP contribution is 2.14. The molecule has 0 radical (unpaired) electrons. The van der Waals surface area contributed by atoms with E-state index in [0.717, 1.165) is 5.56 Å². The molecule has 1 aromatic heterocycles. The lowest BCUT2D eigenvalue weighted by molar-refractivity contribution is 0.107. The molecule has 0 bridgehead atoms. The van der Waals surface area contributed by atoms with Crippen molar-refractivity contribution in [2.75, 3.05) is 7.11 Å². The first-order valence-corrected chi connectivity index (χ1v) is 6.97. The number of ether oxygens (including phenoxy) is 1. The standard InChI is InChI=1S/C17H14N4O2/c1-23-15-9-7-14(8-10-15)17(22)11-18-21-12-16(19-20-21)13-5-3-2-4-6-13/h2-12H,1H3/b18-11+. The molecule has 3 rings (SSSR count). The van der Waals surface area contributed by atoms with Crippen molar-refractivity contribution in [3.63, 3.8) is 0 Å². The summed E-state index contributed by atoms with van der Waals surface area (Å²) in [7, 11) is 1.58. The molecule has 0 aliphatic rings. The number of nitrogens with zero attached hydrogens (tertiary/aromatic N) is 4. The lowest BCUT2D eigenvalue weighted by Crippen LogP contribution is -2.02. The maximum Gasteiger partial charge on any atom is 0.205 e. The highest BCUT2D eigenvalue weighted by molar-refractivity contribution is 6.35. The van der Waals surface area contributed by atoms with E-state index in [1.54, 1.807) is 37.6 Å². The lowest BCUT2D eigenvalue weighted by Gasteiger charge is -1.99. The predicted octanol–water partition coefficient (Wildman–Crippen LogP) is 2.67. The minimum absolute atomic E-state index is 0.218. The summed E-state index contributed by atoms with van der Waals surface area (Å²) in [6, 6.07) is 16.5. The zero-order valence-electron chi connectivity index (χ0n) is 12.5. The van der Waals surface area contributed by atoms with Crippen LogP contribution in [0.4, 0.5) is 0 Å². The third-order valence-corrected chi connectivity index (χ3v) is 3.22. The van der Waals surface area contributed by atoms with Gasteiger partial charge in [-0.05, 0) is 29.5 Å². The molecule has 0 aliphatic carbocycles. The quantitative estimate of drug-likeness (QED) is 0.537. The van der Waals surface area contributed by atoms with Crippen LogP contribution in [0, 0.1) is 0 Å². The van der Waals surface area contributed by atoms with Crippen molar-refractivity contribution in [3.05, 3.63) is 66.4 Å². The van der Waals surface area contributed by atoms with Crippen molar-refractivity contribution in [1.82, 2.24) is 15.1 Å². The van der Waals surface area contributed by atoms with Gasteiger partial charge in [0.25, 0.3) is 0 Å². The third-order valence-electron chi connectivity index (χ3n) is 3.22. The van der Waals surface area contributed by atoms with Crippen LogP contribution in [0.15, 0.2) is 65.9 Å². The zero-order valence-corrected chi connectivity index (χ0v) is 12.5. The van der Waals surface area contributed by atoms with Crippen LogP contribution in [0.3, 0.4) is 0 Å². The van der Waals surface area contributed by atoms with Gasteiger partial charge in [-0.25, -0.2) is 0 Å². The molecule has 0 saturated carbocycles. The van der Waals surface area contributed by atoms with Crippen LogP contribution in [-0.4, -0.2) is 34.2 Å². The summed E-state index contributed by atoms with van der Waals surface area (Å²) in [6.07, 6.45) is 2.87. The number of hydrogen-bond acceptors (Lipinski definition) is 5. The fraction of sp³-hybridized carbons (Fsp3) is 0.0588. The van der Waals surface area contributed by atoms with E-state index in [9.17, 15) is 4.79 Å². The number of rotatable bonds is 5. The maximum absolute atomic E-state index is 12.0. The molecule has 0 unspecified atom stereocenters. The van der Waals surface area contributed by atoms with Crippen molar-refractivity contribution in [3.8, 4) is 17.0 Å². The van der Waals surface area contributed by atoms with Gasteiger partial charge in [-0.2, -0.15) is 5.10 Å². The molecule has 2 aromatic carbocycles. The van der Waals surface area contributed by atoms with E-state index >= 15 is 0 Å².